The highest BCUT2D eigenvalue weighted by Crippen LogP contribution is 2.31. The highest BCUT2D eigenvalue weighted by atomic mass is 35.5. The first kappa shape index (κ1) is 19.8. The molecule has 0 bridgehead atoms. The minimum absolute atomic E-state index is 0. The molecule has 6 N–H and O–H groups in total. The van der Waals surface area contributed by atoms with E-state index in [9.17, 15) is 14.7 Å². The van der Waals surface area contributed by atoms with Crippen molar-refractivity contribution in [3.8, 4) is 0 Å². The van der Waals surface area contributed by atoms with Crippen molar-refractivity contribution in [2.75, 3.05) is 11.9 Å². The number of anilines is 1. The maximum absolute atomic E-state index is 12.6. The first-order valence-electron chi connectivity index (χ1n) is 7.67. The van der Waals surface area contributed by atoms with Crippen molar-refractivity contribution in [2.45, 2.75) is 25.7 Å². The van der Waals surface area contributed by atoms with Crippen LogP contribution >= 0.6 is 12.4 Å². The number of benzene rings is 1. The number of para-hydroxylation sites is 1. The summed E-state index contributed by atoms with van der Waals surface area (Å²) < 4.78 is 0. The summed E-state index contributed by atoms with van der Waals surface area (Å²) in [6, 6.07) is 6.38. The summed E-state index contributed by atoms with van der Waals surface area (Å²) >= 11 is 0. The van der Waals surface area contributed by atoms with Crippen molar-refractivity contribution in [1.82, 2.24) is 0 Å². The number of nitrogens with one attached hydrogen (secondary N) is 1. The Bertz CT molecular complexity index is 617. The fourth-order valence-corrected chi connectivity index (χ4v) is 3.00. The molecule has 0 heterocycles. The molecular weight excluding hydrogens is 332 g/mol. The van der Waals surface area contributed by atoms with Crippen LogP contribution in [0, 0.1) is 11.8 Å². The van der Waals surface area contributed by atoms with Gasteiger partial charge in [0.2, 0.25) is 5.91 Å². The van der Waals surface area contributed by atoms with Gasteiger partial charge in [0.25, 0.3) is 0 Å². The zero-order chi connectivity index (χ0) is 16.8. The van der Waals surface area contributed by atoms with Crippen molar-refractivity contribution in [1.29, 1.82) is 0 Å². The quantitative estimate of drug-likeness (QED) is 0.473. The number of nitrogens with zero attached hydrogens (tertiary/aromatic N) is 1. The second kappa shape index (κ2) is 9.12. The van der Waals surface area contributed by atoms with Crippen molar-refractivity contribution >= 4 is 35.9 Å². The number of halogens is 1. The Morgan fingerprint density at radius 1 is 1.21 bits per heavy atom. The van der Waals surface area contributed by atoms with Crippen LogP contribution in [0.25, 0.3) is 0 Å². The molecule has 1 aromatic carbocycles. The summed E-state index contributed by atoms with van der Waals surface area (Å²) in [4.78, 5) is 27.8. The van der Waals surface area contributed by atoms with Gasteiger partial charge in [-0.2, -0.15) is 0 Å². The van der Waals surface area contributed by atoms with Gasteiger partial charge in [0.1, 0.15) is 0 Å². The third-order valence-corrected chi connectivity index (χ3v) is 4.17. The molecule has 2 atom stereocenters. The summed E-state index contributed by atoms with van der Waals surface area (Å²) in [5, 5.41) is 11.9. The zero-order valence-corrected chi connectivity index (χ0v) is 14.1. The van der Waals surface area contributed by atoms with E-state index in [2.05, 4.69) is 10.3 Å². The van der Waals surface area contributed by atoms with Crippen LogP contribution in [-0.4, -0.2) is 29.5 Å². The first-order valence-corrected chi connectivity index (χ1v) is 7.67. The molecule has 1 amide bonds. The average Bonchev–Trinajstić information content (AvgIpc) is 2.53. The lowest BCUT2D eigenvalue weighted by Crippen LogP contribution is -2.34. The molecule has 8 heteroatoms. The maximum Gasteiger partial charge on any atom is 0.337 e. The molecule has 2 rings (SSSR count). The number of guanidine groups is 1. The number of carbonyl (C=O) groups is 2. The van der Waals surface area contributed by atoms with Crippen LogP contribution in [0.2, 0.25) is 0 Å². The molecular formula is C16H23ClN4O3. The Labute approximate surface area is 146 Å². The van der Waals surface area contributed by atoms with Gasteiger partial charge in [0.15, 0.2) is 5.96 Å². The van der Waals surface area contributed by atoms with Crippen LogP contribution in [0.5, 0.6) is 0 Å². The molecule has 1 aliphatic rings. The molecule has 24 heavy (non-hydrogen) atoms. The zero-order valence-electron chi connectivity index (χ0n) is 13.3. The van der Waals surface area contributed by atoms with E-state index in [-0.39, 0.29) is 41.7 Å². The predicted octanol–water partition coefficient (Wildman–Crippen LogP) is 1.82. The number of carbonyl (C=O) groups excluding carboxylic acids is 1. The van der Waals surface area contributed by atoms with E-state index >= 15 is 0 Å². The number of amides is 1. The third kappa shape index (κ3) is 5.13. The van der Waals surface area contributed by atoms with Gasteiger partial charge in [-0.05, 0) is 30.9 Å². The van der Waals surface area contributed by atoms with Crippen LogP contribution in [0.4, 0.5) is 5.69 Å². The summed E-state index contributed by atoms with van der Waals surface area (Å²) in [5.74, 6) is -1.36. The highest BCUT2D eigenvalue weighted by molar-refractivity contribution is 6.01. The topological polar surface area (TPSA) is 131 Å². The molecule has 0 unspecified atom stereocenters. The van der Waals surface area contributed by atoms with E-state index < -0.39 is 5.97 Å². The molecule has 1 aromatic rings. The first-order chi connectivity index (χ1) is 11.0. The average molecular weight is 355 g/mol. The molecule has 7 nitrogen and oxygen atoms in total. The number of aliphatic imine (C=N–C) groups is 1. The molecule has 1 fully saturated rings. The summed E-state index contributed by atoms with van der Waals surface area (Å²) in [5.41, 5.74) is 11.1. The maximum atomic E-state index is 12.6. The molecule has 0 saturated heterocycles. The standard InChI is InChI=1S/C16H22N4O3.ClH/c17-16(18)19-9-10-5-1-2-6-11(10)14(21)20-13-8-4-3-7-12(13)15(22)23;/h3-4,7-8,10-11H,1-2,5-6,9H2,(H,20,21)(H,22,23)(H4,17,18,19);1H/t10-,11+;/m0./s1. The summed E-state index contributed by atoms with van der Waals surface area (Å²) in [7, 11) is 0. The van der Waals surface area contributed by atoms with Crippen LogP contribution in [0.1, 0.15) is 36.0 Å². The van der Waals surface area contributed by atoms with Gasteiger partial charge in [0, 0.05) is 12.5 Å². The van der Waals surface area contributed by atoms with Gasteiger partial charge in [-0.25, -0.2) is 4.79 Å². The van der Waals surface area contributed by atoms with Gasteiger partial charge in [0.05, 0.1) is 11.3 Å². The van der Waals surface area contributed by atoms with Crippen LogP contribution < -0.4 is 16.8 Å². The molecule has 0 radical (unpaired) electrons. The monoisotopic (exact) mass is 354 g/mol. The molecule has 1 aliphatic carbocycles. The van der Waals surface area contributed by atoms with Crippen molar-refractivity contribution in [3.05, 3.63) is 29.8 Å². The number of nitrogens with two attached hydrogens (primary N) is 2. The Morgan fingerprint density at radius 3 is 2.54 bits per heavy atom. The van der Waals surface area contributed by atoms with Gasteiger partial charge >= 0.3 is 5.97 Å². The van der Waals surface area contributed by atoms with Crippen molar-refractivity contribution < 1.29 is 14.7 Å². The summed E-state index contributed by atoms with van der Waals surface area (Å²) in [6.45, 7) is 0.418. The second-order valence-electron chi connectivity index (χ2n) is 5.76. The number of carboxylic acids is 1. The number of aromatic carboxylic acids is 1. The highest BCUT2D eigenvalue weighted by Gasteiger charge is 2.31. The minimum Gasteiger partial charge on any atom is -0.478 e. The smallest absolute Gasteiger partial charge is 0.337 e. The molecule has 1 saturated carbocycles. The summed E-state index contributed by atoms with van der Waals surface area (Å²) in [6.07, 6.45) is 3.65. The number of hydrogen-bond acceptors (Lipinski definition) is 3. The SMILES string of the molecule is Cl.NC(N)=NC[C@@H]1CCCC[C@H]1C(=O)Nc1ccccc1C(=O)O. The van der Waals surface area contributed by atoms with E-state index in [0.717, 1.165) is 25.7 Å². The van der Waals surface area contributed by atoms with Crippen LogP contribution in [-0.2, 0) is 4.79 Å². The molecule has 0 aliphatic heterocycles. The lowest BCUT2D eigenvalue weighted by molar-refractivity contribution is -0.122. The fourth-order valence-electron chi connectivity index (χ4n) is 3.00. The van der Waals surface area contributed by atoms with E-state index in [0.29, 0.717) is 12.2 Å². The second-order valence-corrected chi connectivity index (χ2v) is 5.76. The Morgan fingerprint density at radius 2 is 1.88 bits per heavy atom. The minimum atomic E-state index is -1.07. The predicted molar refractivity (Wildman–Crippen MR) is 95.4 cm³/mol. The third-order valence-electron chi connectivity index (χ3n) is 4.17. The molecule has 0 spiro atoms. The van der Waals surface area contributed by atoms with Gasteiger partial charge in [-0.15, -0.1) is 12.4 Å². The van der Waals surface area contributed by atoms with Crippen molar-refractivity contribution in [3.63, 3.8) is 0 Å². The van der Waals surface area contributed by atoms with E-state index in [1.54, 1.807) is 18.2 Å². The number of carboxylic acid groups (broad SMARTS) is 1. The van der Waals surface area contributed by atoms with Gasteiger partial charge in [-0.3, -0.25) is 9.79 Å². The van der Waals surface area contributed by atoms with Crippen LogP contribution in [0.15, 0.2) is 29.3 Å². The normalized spacial score (nSPS) is 19.7. The van der Waals surface area contributed by atoms with Crippen molar-refractivity contribution in [2.24, 2.45) is 28.3 Å². The number of rotatable bonds is 5. The van der Waals surface area contributed by atoms with E-state index in [1.807, 2.05) is 0 Å². The lowest BCUT2D eigenvalue weighted by Gasteiger charge is -2.29. The van der Waals surface area contributed by atoms with E-state index in [1.165, 1.54) is 6.07 Å². The number of hydrogen-bond donors (Lipinski definition) is 4. The molecule has 132 valence electrons. The Hall–Kier alpha value is -2.28. The fraction of sp³-hybridized carbons (Fsp3) is 0.438. The van der Waals surface area contributed by atoms with Crippen LogP contribution in [0.3, 0.4) is 0 Å². The lowest BCUT2D eigenvalue weighted by atomic mass is 9.78. The Kier molecular flexibility index (Phi) is 7.51. The van der Waals surface area contributed by atoms with Gasteiger partial charge < -0.3 is 21.9 Å². The Balaban J connectivity index is 0.00000288. The largest absolute Gasteiger partial charge is 0.478 e. The van der Waals surface area contributed by atoms with E-state index in [4.69, 9.17) is 11.5 Å². The van der Waals surface area contributed by atoms with Gasteiger partial charge in [-0.1, -0.05) is 25.0 Å². The molecule has 0 aromatic heterocycles.